The Bertz CT molecular complexity index is 854. The van der Waals surface area contributed by atoms with Gasteiger partial charge in [0.2, 0.25) is 5.91 Å². The highest BCUT2D eigenvalue weighted by atomic mass is 35.5. The highest BCUT2D eigenvalue weighted by Gasteiger charge is 2.25. The summed E-state index contributed by atoms with van der Waals surface area (Å²) < 4.78 is 58.1. The lowest BCUT2D eigenvalue weighted by Gasteiger charge is -2.13. The van der Waals surface area contributed by atoms with Crippen molar-refractivity contribution in [3.05, 3.63) is 50.8 Å². The Kier molecular flexibility index (Phi) is 7.46. The number of nitrogens with one attached hydrogen (secondary N) is 1. The summed E-state index contributed by atoms with van der Waals surface area (Å²) in [6.45, 7) is 2.97. The molecule has 1 N–H and O–H groups in total. The topological polar surface area (TPSA) is 46.9 Å². The molecule has 0 saturated carbocycles. The number of halogens is 5. The van der Waals surface area contributed by atoms with Gasteiger partial charge in [0.05, 0.1) is 22.8 Å². The number of hydrogen-bond acceptors (Lipinski definition) is 2. The predicted octanol–water partition coefficient (Wildman–Crippen LogP) is 4.39. The van der Waals surface area contributed by atoms with Crippen LogP contribution in [0, 0.1) is 23.3 Å². The number of nitrogens with zero attached hydrogens (tertiary/aromatic N) is 2. The minimum Gasteiger partial charge on any atom is -0.351 e. The maximum Gasteiger partial charge on any atom is 0.226 e. The van der Waals surface area contributed by atoms with Gasteiger partial charge < -0.3 is 5.32 Å². The average Bonchev–Trinajstić information content (AvgIpc) is 2.94. The van der Waals surface area contributed by atoms with Gasteiger partial charge in [0.1, 0.15) is 0 Å². The van der Waals surface area contributed by atoms with Gasteiger partial charge in [-0.15, -0.1) is 0 Å². The smallest absolute Gasteiger partial charge is 0.226 e. The fourth-order valence-corrected chi connectivity index (χ4v) is 3.22. The molecule has 2 rings (SSSR count). The summed E-state index contributed by atoms with van der Waals surface area (Å²) in [5.74, 6) is -6.42. The molecule has 0 atom stereocenters. The minimum atomic E-state index is -1.49. The largest absolute Gasteiger partial charge is 0.351 e. The summed E-state index contributed by atoms with van der Waals surface area (Å²) in [5, 5.41) is 6.79. The van der Waals surface area contributed by atoms with Crippen molar-refractivity contribution < 1.29 is 22.4 Å². The van der Waals surface area contributed by atoms with Gasteiger partial charge in [-0.05, 0) is 19.3 Å². The summed E-state index contributed by atoms with van der Waals surface area (Å²) in [6, 6.07) is 0. The first-order valence-corrected chi connectivity index (χ1v) is 9.41. The summed E-state index contributed by atoms with van der Waals surface area (Å²) in [4.78, 5) is 12.1. The van der Waals surface area contributed by atoms with E-state index in [9.17, 15) is 22.4 Å². The van der Waals surface area contributed by atoms with Gasteiger partial charge in [0.15, 0.2) is 23.3 Å². The summed E-state index contributed by atoms with van der Waals surface area (Å²) >= 11 is 6.16. The molecule has 1 aromatic heterocycles. The Labute approximate surface area is 165 Å². The third-order valence-corrected chi connectivity index (χ3v) is 4.96. The lowest BCUT2D eigenvalue weighted by atomic mass is 10.0. The second kappa shape index (κ2) is 9.41. The van der Waals surface area contributed by atoms with Gasteiger partial charge in [-0.25, -0.2) is 17.6 Å². The van der Waals surface area contributed by atoms with Gasteiger partial charge in [0.25, 0.3) is 0 Å². The second-order valence-electron chi connectivity index (χ2n) is 6.45. The number of unbranched alkanes of at least 4 members (excludes halogenated alkanes) is 1. The molecule has 9 heteroatoms. The van der Waals surface area contributed by atoms with Crippen LogP contribution >= 0.6 is 11.6 Å². The van der Waals surface area contributed by atoms with Crippen molar-refractivity contribution in [2.45, 2.75) is 52.5 Å². The maximum absolute atomic E-state index is 14.2. The van der Waals surface area contributed by atoms with E-state index in [0.29, 0.717) is 35.7 Å². The van der Waals surface area contributed by atoms with Crippen molar-refractivity contribution >= 4 is 17.5 Å². The van der Waals surface area contributed by atoms with Crippen molar-refractivity contribution in [1.29, 1.82) is 0 Å². The highest BCUT2D eigenvalue weighted by molar-refractivity contribution is 6.32. The van der Waals surface area contributed by atoms with Crippen LogP contribution in [0.15, 0.2) is 0 Å². The Hall–Kier alpha value is -2.09. The van der Waals surface area contributed by atoms with Crippen LogP contribution in [0.5, 0.6) is 0 Å². The molecule has 0 unspecified atom stereocenters. The molecule has 1 aromatic carbocycles. The van der Waals surface area contributed by atoms with Gasteiger partial charge in [-0.1, -0.05) is 31.9 Å². The Balaban J connectivity index is 2.16. The summed E-state index contributed by atoms with van der Waals surface area (Å²) in [6.07, 6.45) is 1.30. The van der Waals surface area contributed by atoms with Crippen LogP contribution in [-0.2, 0) is 37.6 Å². The minimum absolute atomic E-state index is 0.104. The van der Waals surface area contributed by atoms with Crippen molar-refractivity contribution in [1.82, 2.24) is 15.1 Å². The van der Waals surface area contributed by atoms with E-state index in [1.54, 1.807) is 14.0 Å². The fraction of sp³-hybridized carbons (Fsp3) is 0.474. The molecular formula is C19H22ClF4N3O. The molecule has 28 heavy (non-hydrogen) atoms. The molecular weight excluding hydrogens is 398 g/mol. The number of aromatic nitrogens is 2. The van der Waals surface area contributed by atoms with E-state index in [0.717, 1.165) is 0 Å². The van der Waals surface area contributed by atoms with Crippen LogP contribution in [0.25, 0.3) is 0 Å². The third-order valence-electron chi connectivity index (χ3n) is 4.52. The molecule has 2 aromatic rings. The average molecular weight is 420 g/mol. The number of carbonyl (C=O) groups excluding carboxylic acids is 1. The molecule has 4 nitrogen and oxygen atoms in total. The Morgan fingerprint density at radius 2 is 1.64 bits per heavy atom. The van der Waals surface area contributed by atoms with Crippen LogP contribution in [0.2, 0.25) is 5.02 Å². The van der Waals surface area contributed by atoms with E-state index < -0.39 is 46.8 Å². The lowest BCUT2D eigenvalue weighted by molar-refractivity contribution is -0.120. The SMILES string of the molecule is CCCCc1c(F)c(F)c(CNC(=O)Cc2c(Cl)c(CC)nn2C)c(F)c1F. The van der Waals surface area contributed by atoms with Crippen molar-refractivity contribution in [2.24, 2.45) is 7.05 Å². The number of rotatable bonds is 8. The van der Waals surface area contributed by atoms with E-state index in [4.69, 9.17) is 11.6 Å². The molecule has 0 aliphatic heterocycles. The number of hydrogen-bond donors (Lipinski definition) is 1. The molecule has 0 aliphatic rings. The number of carbonyl (C=O) groups is 1. The first-order valence-electron chi connectivity index (χ1n) is 9.03. The Morgan fingerprint density at radius 1 is 1.07 bits per heavy atom. The van der Waals surface area contributed by atoms with Crippen LogP contribution < -0.4 is 5.32 Å². The first kappa shape index (κ1) is 22.2. The second-order valence-corrected chi connectivity index (χ2v) is 6.83. The Morgan fingerprint density at radius 3 is 2.14 bits per heavy atom. The third kappa shape index (κ3) is 4.48. The zero-order valence-corrected chi connectivity index (χ0v) is 16.7. The molecule has 0 radical (unpaired) electrons. The quantitative estimate of drug-likeness (QED) is 0.509. The molecule has 1 heterocycles. The molecule has 0 bridgehead atoms. The fourth-order valence-electron chi connectivity index (χ4n) is 2.86. The zero-order chi connectivity index (χ0) is 21.0. The highest BCUT2D eigenvalue weighted by Crippen LogP contribution is 2.26. The standard InChI is InChI=1S/C19H22ClF4N3O/c1-4-6-7-10-16(21)18(23)11(19(24)17(10)22)9-25-14(28)8-13-15(20)12(5-2)26-27(13)3/h4-9H2,1-3H3,(H,25,28). The van der Waals surface area contributed by atoms with Gasteiger partial charge in [0, 0.05) is 24.7 Å². The maximum atomic E-state index is 14.2. The van der Waals surface area contributed by atoms with Crippen molar-refractivity contribution in [2.75, 3.05) is 0 Å². The zero-order valence-electron chi connectivity index (χ0n) is 15.9. The lowest BCUT2D eigenvalue weighted by Crippen LogP contribution is -2.27. The van der Waals surface area contributed by atoms with E-state index in [1.807, 2.05) is 6.92 Å². The van der Waals surface area contributed by atoms with Crippen LogP contribution in [0.1, 0.15) is 49.2 Å². The van der Waals surface area contributed by atoms with E-state index in [1.165, 1.54) is 4.68 Å². The van der Waals surface area contributed by atoms with Crippen molar-refractivity contribution in [3.8, 4) is 0 Å². The van der Waals surface area contributed by atoms with Gasteiger partial charge in [-0.3, -0.25) is 9.48 Å². The first-order chi connectivity index (χ1) is 13.2. The normalized spacial score (nSPS) is 11.1. The number of benzene rings is 1. The van der Waals surface area contributed by atoms with Crippen LogP contribution in [0.3, 0.4) is 0 Å². The number of amides is 1. The summed E-state index contributed by atoms with van der Waals surface area (Å²) in [5.41, 5.74) is -0.408. The predicted molar refractivity (Wildman–Crippen MR) is 98.0 cm³/mol. The van der Waals surface area contributed by atoms with Gasteiger partial charge in [-0.2, -0.15) is 5.10 Å². The monoisotopic (exact) mass is 419 g/mol. The van der Waals surface area contributed by atoms with Crippen LogP contribution in [-0.4, -0.2) is 15.7 Å². The molecule has 1 amide bonds. The van der Waals surface area contributed by atoms with Gasteiger partial charge >= 0.3 is 0 Å². The van der Waals surface area contributed by atoms with Crippen LogP contribution in [0.4, 0.5) is 17.6 Å². The molecule has 0 fully saturated rings. The molecule has 0 spiro atoms. The van der Waals surface area contributed by atoms with Crippen molar-refractivity contribution in [3.63, 3.8) is 0 Å². The molecule has 0 saturated heterocycles. The summed E-state index contributed by atoms with van der Waals surface area (Å²) in [7, 11) is 1.62. The van der Waals surface area contributed by atoms with E-state index >= 15 is 0 Å². The molecule has 154 valence electrons. The van der Waals surface area contributed by atoms with E-state index in [2.05, 4.69) is 10.4 Å². The number of aryl methyl sites for hydroxylation is 2. The van der Waals surface area contributed by atoms with E-state index in [-0.39, 0.29) is 12.8 Å². The molecule has 0 aliphatic carbocycles.